The average Bonchev–Trinajstić information content (AvgIpc) is 3.01. The standard InChI is InChI=1S/C20H38O7S.C16H35NO2/c1-5-9-11-15(7-3)13-20(19(23)24,14-16(8-4)12-10-6-2)17(18(21)22)28(25,26)27;1-2-3-4-5-6-7-8-9-10-11-12-17(13-15-18)14-16-19/h15-17H,5-14H2,1-4H3,(H,21,22)(H,23,24)(H,25,26,27);18-19H,2-16H2,1H3. The third kappa shape index (κ3) is 22.1. The summed E-state index contributed by atoms with van der Waals surface area (Å²) in [5.41, 5.74) is -2.05. The van der Waals surface area contributed by atoms with E-state index >= 15 is 0 Å². The van der Waals surface area contributed by atoms with Crippen LogP contribution in [-0.4, -0.2) is 88.3 Å². The minimum Gasteiger partial charge on any atom is -0.481 e. The smallest absolute Gasteiger partial charge is 0.325 e. The third-order valence-electron chi connectivity index (χ3n) is 9.50. The number of aliphatic carboxylic acids is 2. The van der Waals surface area contributed by atoms with Crippen molar-refractivity contribution in [3.63, 3.8) is 0 Å². The van der Waals surface area contributed by atoms with Crippen LogP contribution < -0.4 is 0 Å². The maximum atomic E-state index is 12.4. The molecule has 282 valence electrons. The van der Waals surface area contributed by atoms with Crippen LogP contribution in [0.1, 0.15) is 163 Å². The first-order valence-corrected chi connectivity index (χ1v) is 20.2. The van der Waals surface area contributed by atoms with E-state index in [1.54, 1.807) is 0 Å². The molecule has 0 aliphatic carbocycles. The Hall–Kier alpha value is -1.27. The summed E-state index contributed by atoms with van der Waals surface area (Å²) < 4.78 is 33.7. The second-order valence-electron chi connectivity index (χ2n) is 13.4. The van der Waals surface area contributed by atoms with E-state index in [1.165, 1.54) is 64.2 Å². The van der Waals surface area contributed by atoms with Crippen molar-refractivity contribution in [3.05, 3.63) is 0 Å². The van der Waals surface area contributed by atoms with E-state index in [-0.39, 0.29) is 37.9 Å². The fourth-order valence-electron chi connectivity index (χ4n) is 6.59. The summed E-state index contributed by atoms with van der Waals surface area (Å²) in [4.78, 5) is 26.4. The van der Waals surface area contributed by atoms with Crippen LogP contribution in [0.2, 0.25) is 0 Å². The van der Waals surface area contributed by atoms with Crippen LogP contribution in [0.25, 0.3) is 0 Å². The number of unbranched alkanes of at least 4 members (excludes halogenated alkanes) is 11. The van der Waals surface area contributed by atoms with E-state index in [4.69, 9.17) is 10.2 Å². The van der Waals surface area contributed by atoms with Crippen molar-refractivity contribution in [2.75, 3.05) is 32.8 Å². The quantitative estimate of drug-likeness (QED) is 0.0356. The van der Waals surface area contributed by atoms with E-state index in [2.05, 4.69) is 11.8 Å². The zero-order valence-electron chi connectivity index (χ0n) is 30.6. The second kappa shape index (κ2) is 29.6. The van der Waals surface area contributed by atoms with Crippen LogP contribution in [0.15, 0.2) is 0 Å². The van der Waals surface area contributed by atoms with Gasteiger partial charge in [0.15, 0.2) is 5.25 Å². The SMILES string of the molecule is CCCCC(CC)CC(CC(CC)CCCC)(C(=O)O)C(C(=O)O)S(=O)(=O)O.CCCCCCCCCCCCN(CCO)CCO. The van der Waals surface area contributed by atoms with Crippen molar-refractivity contribution in [1.82, 2.24) is 4.90 Å². The van der Waals surface area contributed by atoms with E-state index in [9.17, 15) is 32.8 Å². The number of nitrogens with zero attached hydrogens (tertiary/aromatic N) is 1. The van der Waals surface area contributed by atoms with Crippen molar-refractivity contribution in [2.45, 2.75) is 168 Å². The molecular formula is C36H73NO9S. The number of carboxylic acids is 2. The van der Waals surface area contributed by atoms with Crippen molar-refractivity contribution in [1.29, 1.82) is 0 Å². The van der Waals surface area contributed by atoms with Gasteiger partial charge in [-0.3, -0.25) is 19.0 Å². The molecule has 3 atom stereocenters. The first kappa shape index (κ1) is 47.8. The molecule has 0 heterocycles. The Labute approximate surface area is 287 Å². The third-order valence-corrected chi connectivity index (χ3v) is 10.8. The first-order valence-electron chi connectivity index (χ1n) is 18.7. The Morgan fingerprint density at radius 1 is 0.617 bits per heavy atom. The second-order valence-corrected chi connectivity index (χ2v) is 14.9. The van der Waals surface area contributed by atoms with Gasteiger partial charge in [-0.2, -0.15) is 8.42 Å². The van der Waals surface area contributed by atoms with Gasteiger partial charge >= 0.3 is 11.9 Å². The molecule has 0 fully saturated rings. The molecule has 0 aromatic carbocycles. The topological polar surface area (TPSA) is 173 Å². The number of carbonyl (C=O) groups is 2. The molecule has 10 nitrogen and oxygen atoms in total. The summed E-state index contributed by atoms with van der Waals surface area (Å²) in [5, 5.41) is 35.2. The molecule has 0 radical (unpaired) electrons. The van der Waals surface area contributed by atoms with Gasteiger partial charge in [0.05, 0.1) is 18.6 Å². The minimum atomic E-state index is -5.10. The fourth-order valence-corrected chi connectivity index (χ4v) is 7.71. The number of aliphatic hydroxyl groups is 2. The monoisotopic (exact) mass is 696 g/mol. The molecular weight excluding hydrogens is 622 g/mol. The van der Waals surface area contributed by atoms with Gasteiger partial charge in [-0.1, -0.05) is 144 Å². The summed E-state index contributed by atoms with van der Waals surface area (Å²) in [6, 6.07) is 0. The molecule has 0 aliphatic rings. The molecule has 0 saturated carbocycles. The van der Waals surface area contributed by atoms with Gasteiger partial charge < -0.3 is 20.4 Å². The van der Waals surface area contributed by atoms with E-state index in [0.29, 0.717) is 38.8 Å². The molecule has 0 saturated heterocycles. The highest BCUT2D eigenvalue weighted by Gasteiger charge is 2.57. The lowest BCUT2D eigenvalue weighted by atomic mass is 9.68. The van der Waals surface area contributed by atoms with E-state index in [0.717, 1.165) is 32.2 Å². The zero-order valence-corrected chi connectivity index (χ0v) is 31.5. The number of aliphatic hydroxyl groups excluding tert-OH is 2. The highest BCUT2D eigenvalue weighted by Crippen LogP contribution is 2.44. The lowest BCUT2D eigenvalue weighted by molar-refractivity contribution is -0.158. The molecule has 47 heavy (non-hydrogen) atoms. The molecule has 0 amide bonds. The predicted molar refractivity (Wildman–Crippen MR) is 191 cm³/mol. The summed E-state index contributed by atoms with van der Waals surface area (Å²) in [6.07, 6.45) is 19.5. The average molecular weight is 696 g/mol. The van der Waals surface area contributed by atoms with Gasteiger partial charge in [-0.05, 0) is 37.6 Å². The highest BCUT2D eigenvalue weighted by molar-refractivity contribution is 7.87. The Balaban J connectivity index is 0. The molecule has 3 unspecified atom stereocenters. The van der Waals surface area contributed by atoms with Crippen molar-refractivity contribution in [2.24, 2.45) is 17.3 Å². The van der Waals surface area contributed by atoms with Crippen LogP contribution in [0.5, 0.6) is 0 Å². The summed E-state index contributed by atoms with van der Waals surface area (Å²) in [5.74, 6) is -3.50. The van der Waals surface area contributed by atoms with Crippen LogP contribution in [-0.2, 0) is 19.7 Å². The lowest BCUT2D eigenvalue weighted by Crippen LogP contribution is -2.53. The lowest BCUT2D eigenvalue weighted by Gasteiger charge is -2.38. The van der Waals surface area contributed by atoms with Gasteiger partial charge in [0.2, 0.25) is 0 Å². The minimum absolute atomic E-state index is 0.0712. The maximum absolute atomic E-state index is 12.4. The predicted octanol–water partition coefficient (Wildman–Crippen LogP) is 7.81. The molecule has 5 N–H and O–H groups in total. The summed E-state index contributed by atoms with van der Waals surface area (Å²) in [6.45, 7) is 12.8. The molecule has 0 bridgehead atoms. The maximum Gasteiger partial charge on any atom is 0.325 e. The van der Waals surface area contributed by atoms with E-state index in [1.807, 2.05) is 27.7 Å². The molecule has 0 aliphatic heterocycles. The Morgan fingerprint density at radius 2 is 1.00 bits per heavy atom. The Kier molecular flexibility index (Phi) is 30.2. The van der Waals surface area contributed by atoms with Gasteiger partial charge in [-0.25, -0.2) is 0 Å². The van der Waals surface area contributed by atoms with Gasteiger partial charge in [0.25, 0.3) is 10.1 Å². The molecule has 0 spiro atoms. The first-order chi connectivity index (χ1) is 22.3. The van der Waals surface area contributed by atoms with Crippen LogP contribution in [0, 0.1) is 17.3 Å². The molecule has 11 heteroatoms. The van der Waals surface area contributed by atoms with Crippen molar-refractivity contribution < 1.29 is 43.0 Å². The highest BCUT2D eigenvalue weighted by atomic mass is 32.2. The number of carboxylic acid groups (broad SMARTS) is 2. The van der Waals surface area contributed by atoms with Crippen LogP contribution in [0.4, 0.5) is 0 Å². The van der Waals surface area contributed by atoms with Gasteiger partial charge in [-0.15, -0.1) is 0 Å². The Bertz CT molecular complexity index is 845. The van der Waals surface area contributed by atoms with Gasteiger partial charge in [0.1, 0.15) is 0 Å². The zero-order chi connectivity index (χ0) is 36.1. The van der Waals surface area contributed by atoms with Gasteiger partial charge in [0, 0.05) is 13.1 Å². The molecule has 0 aromatic heterocycles. The van der Waals surface area contributed by atoms with Crippen LogP contribution >= 0.6 is 0 Å². The van der Waals surface area contributed by atoms with Crippen LogP contribution in [0.3, 0.4) is 0 Å². The molecule has 0 aromatic rings. The number of hydrogen-bond donors (Lipinski definition) is 5. The van der Waals surface area contributed by atoms with E-state index < -0.39 is 32.7 Å². The number of hydrogen-bond acceptors (Lipinski definition) is 7. The normalized spacial score (nSPS) is 15.0. The summed E-state index contributed by atoms with van der Waals surface area (Å²) in [7, 11) is -5.10. The number of rotatable bonds is 31. The molecule has 0 rings (SSSR count). The van der Waals surface area contributed by atoms with Crippen molar-refractivity contribution in [3.8, 4) is 0 Å². The fraction of sp³-hybridized carbons (Fsp3) is 0.944. The Morgan fingerprint density at radius 3 is 1.30 bits per heavy atom. The summed E-state index contributed by atoms with van der Waals surface area (Å²) >= 11 is 0. The largest absolute Gasteiger partial charge is 0.481 e. The van der Waals surface area contributed by atoms with Crippen molar-refractivity contribution >= 4 is 22.1 Å².